The van der Waals surface area contributed by atoms with Gasteiger partial charge in [0.15, 0.2) is 0 Å². The van der Waals surface area contributed by atoms with Gasteiger partial charge < -0.3 is 29.2 Å². The monoisotopic (exact) mass is 769 g/mol. The fourth-order valence-electron chi connectivity index (χ4n) is 9.07. The van der Waals surface area contributed by atoms with Crippen LogP contribution in [0.1, 0.15) is 135 Å². The van der Waals surface area contributed by atoms with Gasteiger partial charge in [0.25, 0.3) is 0 Å². The average Bonchev–Trinajstić information content (AvgIpc) is 3.21. The normalized spacial score (nSPS) is 21.3. The summed E-state index contributed by atoms with van der Waals surface area (Å²) in [6.07, 6.45) is 10.0. The van der Waals surface area contributed by atoms with Crippen molar-refractivity contribution < 1.29 is 23.5 Å². The van der Waals surface area contributed by atoms with Crippen molar-refractivity contribution in [2.75, 3.05) is 6.54 Å². The topological polar surface area (TPSA) is 94.2 Å². The van der Waals surface area contributed by atoms with E-state index in [1.54, 1.807) is 12.1 Å². The van der Waals surface area contributed by atoms with Crippen LogP contribution in [-0.4, -0.2) is 25.6 Å². The summed E-state index contributed by atoms with van der Waals surface area (Å²) >= 11 is 0. The van der Waals surface area contributed by atoms with Crippen molar-refractivity contribution >= 4 is 8.80 Å². The zero-order valence-electron chi connectivity index (χ0n) is 33.1. The van der Waals surface area contributed by atoms with Crippen LogP contribution in [0, 0.1) is 0 Å². The van der Waals surface area contributed by atoms with Crippen molar-refractivity contribution in [2.45, 2.75) is 114 Å². The first-order valence-corrected chi connectivity index (χ1v) is 22.9. The van der Waals surface area contributed by atoms with Crippen LogP contribution >= 0.6 is 0 Å². The van der Waals surface area contributed by atoms with Gasteiger partial charge >= 0.3 is 8.80 Å². The Bertz CT molecular complexity index is 1950. The van der Waals surface area contributed by atoms with Crippen molar-refractivity contribution in [1.29, 1.82) is 0 Å². The van der Waals surface area contributed by atoms with Gasteiger partial charge in [0.1, 0.15) is 28.7 Å². The fourth-order valence-corrected chi connectivity index (χ4v) is 11.7. The second-order valence-corrected chi connectivity index (χ2v) is 18.6. The zero-order valence-corrected chi connectivity index (χ0v) is 34.1. The molecule has 56 heavy (non-hydrogen) atoms. The smallest absolute Gasteiger partial charge is 0.508 e. The van der Waals surface area contributed by atoms with Gasteiger partial charge in [0.05, 0.1) is 6.04 Å². The summed E-state index contributed by atoms with van der Waals surface area (Å²) in [5.74, 6) is 4.38. The van der Waals surface area contributed by atoms with E-state index in [1.165, 1.54) is 27.8 Å². The second kappa shape index (κ2) is 18.5. The number of benzene rings is 5. The van der Waals surface area contributed by atoms with Crippen LogP contribution in [0.2, 0.25) is 6.04 Å². The molecule has 0 spiro atoms. The van der Waals surface area contributed by atoms with Crippen molar-refractivity contribution in [3.05, 3.63) is 149 Å². The number of unbranched alkanes of at least 4 members (excludes halogenated alkanes) is 3. The fraction of sp³-hybridized carbons (Fsp3) is 0.388. The van der Waals surface area contributed by atoms with E-state index in [0.29, 0.717) is 30.3 Å². The third-order valence-electron chi connectivity index (χ3n) is 12.3. The van der Waals surface area contributed by atoms with Gasteiger partial charge in [-0.05, 0) is 176 Å². The molecule has 8 bridgehead atoms. The predicted molar refractivity (Wildman–Crippen MR) is 228 cm³/mol. The molecular formula is C49H59NO5Si. The van der Waals surface area contributed by atoms with Gasteiger partial charge in [0.2, 0.25) is 0 Å². The standard InChI is InChI=1S/C49H59NO5Si/c1-3-35(37-9-19-45(51)20-10-37)31-42(39-11-21-46(52)22-12-39)33-44-34-43-32-36(4-2)38-13-23-47(24-14-38)53-56(30-8-6-5-7-29-50,54-48-25-15-40(43)16-26-48)55-49-27-17-41(44)18-28-49/h9-28,35-36,42-44,51-52H,3-8,29-34,50H2,1-2H3. The Balaban J connectivity index is 1.32. The second-order valence-electron chi connectivity index (χ2n) is 16.1. The van der Waals surface area contributed by atoms with E-state index >= 15 is 0 Å². The van der Waals surface area contributed by atoms with Gasteiger partial charge in [0, 0.05) is 0 Å². The number of rotatable bonds is 14. The van der Waals surface area contributed by atoms with E-state index in [1.807, 2.05) is 12.1 Å². The molecule has 8 aliphatic rings. The average molecular weight is 770 g/mol. The van der Waals surface area contributed by atoms with E-state index in [9.17, 15) is 10.2 Å². The highest BCUT2D eigenvalue weighted by Gasteiger charge is 2.49. The Morgan fingerprint density at radius 3 is 1.54 bits per heavy atom. The van der Waals surface area contributed by atoms with Crippen molar-refractivity contribution in [1.82, 2.24) is 0 Å². The molecule has 4 N–H and O–H groups in total. The highest BCUT2D eigenvalue weighted by molar-refractivity contribution is 6.63. The summed E-state index contributed by atoms with van der Waals surface area (Å²) in [5, 5.41) is 20.4. The molecule has 0 fully saturated rings. The molecule has 0 amide bonds. The summed E-state index contributed by atoms with van der Waals surface area (Å²) in [6, 6.07) is 42.6. The summed E-state index contributed by atoms with van der Waals surface area (Å²) in [7, 11) is -3.36. The number of aromatic hydroxyl groups is 2. The van der Waals surface area contributed by atoms with E-state index in [4.69, 9.17) is 19.0 Å². The van der Waals surface area contributed by atoms with Crippen molar-refractivity contribution in [3.8, 4) is 28.7 Å². The van der Waals surface area contributed by atoms with Crippen LogP contribution in [0.15, 0.2) is 121 Å². The number of phenolic OH excluding ortho intramolecular Hbond substituents is 2. The van der Waals surface area contributed by atoms with Gasteiger partial charge in [-0.3, -0.25) is 0 Å². The summed E-state index contributed by atoms with van der Waals surface area (Å²) in [4.78, 5) is 0. The first-order valence-electron chi connectivity index (χ1n) is 21.0. The molecule has 6 unspecified atom stereocenters. The molecule has 0 radical (unpaired) electrons. The first-order chi connectivity index (χ1) is 27.3. The maximum atomic E-state index is 10.3. The SMILES string of the molecule is CCC(CC(CC1CC2CC(CC)c3ccc(cc3)O[Si](CCCCCCN)(Oc3ccc2cc3)Oc2ccc1cc2)c1ccc(O)cc1)c1ccc(O)cc1. The lowest BCUT2D eigenvalue weighted by atomic mass is 9.73. The Hall–Kier alpha value is -4.72. The van der Waals surface area contributed by atoms with Gasteiger partial charge in [-0.15, -0.1) is 0 Å². The molecule has 6 nitrogen and oxygen atoms in total. The lowest BCUT2D eigenvalue weighted by Gasteiger charge is -2.34. The predicted octanol–water partition coefficient (Wildman–Crippen LogP) is 12.3. The first kappa shape index (κ1) is 39.5. The summed E-state index contributed by atoms with van der Waals surface area (Å²) < 4.78 is 20.9. The maximum absolute atomic E-state index is 10.3. The quantitative estimate of drug-likeness (QED) is 0.0769. The van der Waals surface area contributed by atoms with E-state index in [-0.39, 0.29) is 23.3 Å². The van der Waals surface area contributed by atoms with Gasteiger partial charge in [-0.25, -0.2) is 0 Å². The molecule has 6 atom stereocenters. The molecule has 13 rings (SSSR count). The maximum Gasteiger partial charge on any atom is 0.699 e. The van der Waals surface area contributed by atoms with Crippen LogP contribution in [0.5, 0.6) is 28.7 Å². The summed E-state index contributed by atoms with van der Waals surface area (Å²) in [6.45, 7) is 5.27. The van der Waals surface area contributed by atoms with Gasteiger partial charge in [-0.1, -0.05) is 87.4 Å². The number of nitrogens with two attached hydrogens (primary N) is 1. The van der Waals surface area contributed by atoms with E-state index in [0.717, 1.165) is 81.5 Å². The van der Waals surface area contributed by atoms with Gasteiger partial charge in [-0.2, -0.15) is 0 Å². The Morgan fingerprint density at radius 1 is 0.571 bits per heavy atom. The third kappa shape index (κ3) is 9.80. The van der Waals surface area contributed by atoms with E-state index < -0.39 is 8.80 Å². The van der Waals surface area contributed by atoms with Crippen molar-refractivity contribution in [3.63, 3.8) is 0 Å². The molecule has 0 saturated carbocycles. The third-order valence-corrected chi connectivity index (χ3v) is 14.9. The minimum absolute atomic E-state index is 0.235. The Labute approximate surface area is 335 Å². The molecule has 5 aromatic carbocycles. The minimum Gasteiger partial charge on any atom is -0.508 e. The Morgan fingerprint density at radius 2 is 1.04 bits per heavy atom. The number of hydrogen-bond donors (Lipinski definition) is 3. The number of phenols is 2. The lowest BCUT2D eigenvalue weighted by molar-refractivity contribution is 0.258. The molecule has 294 valence electrons. The van der Waals surface area contributed by atoms with Crippen LogP contribution in [-0.2, 0) is 0 Å². The van der Waals surface area contributed by atoms with Crippen LogP contribution in [0.4, 0.5) is 0 Å². The highest BCUT2D eigenvalue weighted by atomic mass is 28.4. The van der Waals surface area contributed by atoms with Crippen LogP contribution in [0.3, 0.4) is 0 Å². The molecule has 8 heterocycles. The molecule has 7 heteroatoms. The van der Waals surface area contributed by atoms with Crippen LogP contribution in [0.25, 0.3) is 0 Å². The highest BCUT2D eigenvalue weighted by Crippen LogP contribution is 2.46. The molecule has 0 saturated heterocycles. The van der Waals surface area contributed by atoms with E-state index in [2.05, 4.69) is 111 Å². The molecule has 5 aromatic rings. The molecule has 0 aromatic heterocycles. The summed E-state index contributed by atoms with van der Waals surface area (Å²) in [5.41, 5.74) is 12.3. The zero-order chi connectivity index (χ0) is 38.9. The van der Waals surface area contributed by atoms with Crippen molar-refractivity contribution in [2.24, 2.45) is 5.73 Å². The van der Waals surface area contributed by atoms with Crippen LogP contribution < -0.4 is 19.0 Å². The largest absolute Gasteiger partial charge is 0.699 e. The number of hydrogen-bond acceptors (Lipinski definition) is 6. The molecule has 8 aliphatic heterocycles. The lowest BCUT2D eigenvalue weighted by Crippen LogP contribution is -2.54. The molecular weight excluding hydrogens is 711 g/mol. The molecule has 0 aliphatic carbocycles. The minimum atomic E-state index is -3.36. The Kier molecular flexibility index (Phi) is 13.0.